The zero-order valence-corrected chi connectivity index (χ0v) is 12.0. The highest BCUT2D eigenvalue weighted by Gasteiger charge is 2.06. The van der Waals surface area contributed by atoms with E-state index in [0.717, 1.165) is 16.2 Å². The molecule has 1 aromatic heterocycles. The van der Waals surface area contributed by atoms with E-state index in [4.69, 9.17) is 9.15 Å². The van der Waals surface area contributed by atoms with Gasteiger partial charge in [0.1, 0.15) is 11.5 Å². The number of rotatable bonds is 5. The summed E-state index contributed by atoms with van der Waals surface area (Å²) in [5, 5.41) is 3.41. The Morgan fingerprint density at radius 1 is 1.22 bits per heavy atom. The van der Waals surface area contributed by atoms with Crippen LogP contribution in [0.2, 0.25) is 0 Å². The van der Waals surface area contributed by atoms with Gasteiger partial charge in [-0.3, -0.25) is 0 Å². The van der Waals surface area contributed by atoms with Crippen LogP contribution >= 0.6 is 15.9 Å². The molecule has 0 amide bonds. The van der Waals surface area contributed by atoms with Crippen molar-refractivity contribution in [3.63, 3.8) is 0 Å². The summed E-state index contributed by atoms with van der Waals surface area (Å²) in [6.07, 6.45) is 0. The van der Waals surface area contributed by atoms with Crippen LogP contribution in [0.4, 0.5) is 0 Å². The fraction of sp³-hybridized carbons (Fsp3) is 0.286. The third-order valence-electron chi connectivity index (χ3n) is 2.83. The Morgan fingerprint density at radius 2 is 1.94 bits per heavy atom. The Hall–Kier alpha value is -1.26. The minimum atomic E-state index is 0.264. The Labute approximate surface area is 115 Å². The largest absolute Gasteiger partial charge is 0.497 e. The predicted octanol–water partition coefficient (Wildman–Crippen LogP) is 3.90. The van der Waals surface area contributed by atoms with Crippen LogP contribution in [0.25, 0.3) is 0 Å². The molecule has 0 saturated heterocycles. The molecular formula is C14H16BrNO2. The number of halogens is 1. The molecule has 96 valence electrons. The topological polar surface area (TPSA) is 34.4 Å². The molecule has 0 aliphatic rings. The van der Waals surface area contributed by atoms with Gasteiger partial charge in [0.05, 0.1) is 13.7 Å². The predicted molar refractivity (Wildman–Crippen MR) is 74.7 cm³/mol. The molecule has 3 nitrogen and oxygen atoms in total. The Kier molecular flexibility index (Phi) is 4.44. The number of hydrogen-bond donors (Lipinski definition) is 1. The molecule has 1 atom stereocenters. The highest BCUT2D eigenvalue weighted by molar-refractivity contribution is 9.10. The van der Waals surface area contributed by atoms with Crippen LogP contribution in [0.15, 0.2) is 45.5 Å². The van der Waals surface area contributed by atoms with Crippen molar-refractivity contribution in [3.8, 4) is 5.75 Å². The van der Waals surface area contributed by atoms with Gasteiger partial charge < -0.3 is 14.5 Å². The van der Waals surface area contributed by atoms with Gasteiger partial charge in [-0.05, 0) is 52.7 Å². The average Bonchev–Trinajstić information content (AvgIpc) is 2.82. The quantitative estimate of drug-likeness (QED) is 0.909. The standard InChI is InChI=1S/C14H16BrNO2/c1-10(11-3-5-12(17-2)6-4-11)16-9-13-7-8-14(15)18-13/h3-8,10,16H,9H2,1-2H3/t10-/m0/s1. The van der Waals surface area contributed by atoms with Crippen molar-refractivity contribution < 1.29 is 9.15 Å². The molecule has 1 aromatic carbocycles. The van der Waals surface area contributed by atoms with E-state index in [1.165, 1.54) is 5.56 Å². The van der Waals surface area contributed by atoms with E-state index in [9.17, 15) is 0 Å². The van der Waals surface area contributed by atoms with Crippen molar-refractivity contribution in [2.24, 2.45) is 0 Å². The van der Waals surface area contributed by atoms with Crippen molar-refractivity contribution in [2.45, 2.75) is 19.5 Å². The fourth-order valence-electron chi connectivity index (χ4n) is 1.71. The summed E-state index contributed by atoms with van der Waals surface area (Å²) in [5.41, 5.74) is 1.22. The molecule has 0 radical (unpaired) electrons. The van der Waals surface area contributed by atoms with Crippen molar-refractivity contribution in [2.75, 3.05) is 7.11 Å². The van der Waals surface area contributed by atoms with Gasteiger partial charge in [-0.2, -0.15) is 0 Å². The average molecular weight is 310 g/mol. The van der Waals surface area contributed by atoms with E-state index in [1.807, 2.05) is 24.3 Å². The summed E-state index contributed by atoms with van der Waals surface area (Å²) in [6, 6.07) is 12.2. The van der Waals surface area contributed by atoms with Crippen LogP contribution in [0.3, 0.4) is 0 Å². The van der Waals surface area contributed by atoms with Crippen LogP contribution in [0, 0.1) is 0 Å². The molecule has 0 saturated carbocycles. The lowest BCUT2D eigenvalue weighted by Crippen LogP contribution is -2.17. The normalized spacial score (nSPS) is 12.4. The Bertz CT molecular complexity index is 493. The summed E-state index contributed by atoms with van der Waals surface area (Å²) < 4.78 is 11.3. The first kappa shape index (κ1) is 13.2. The summed E-state index contributed by atoms with van der Waals surface area (Å²) in [7, 11) is 1.67. The fourth-order valence-corrected chi connectivity index (χ4v) is 2.05. The molecule has 0 fully saturated rings. The van der Waals surface area contributed by atoms with Gasteiger partial charge in [-0.15, -0.1) is 0 Å². The van der Waals surface area contributed by atoms with Crippen LogP contribution in [0.1, 0.15) is 24.3 Å². The molecule has 2 rings (SSSR count). The minimum absolute atomic E-state index is 0.264. The molecule has 2 aromatic rings. The van der Waals surface area contributed by atoms with Gasteiger partial charge in [0.25, 0.3) is 0 Å². The number of hydrogen-bond acceptors (Lipinski definition) is 3. The second-order valence-electron chi connectivity index (χ2n) is 4.08. The minimum Gasteiger partial charge on any atom is -0.497 e. The lowest BCUT2D eigenvalue weighted by Gasteiger charge is -2.13. The number of nitrogens with one attached hydrogen (secondary N) is 1. The molecule has 4 heteroatoms. The van der Waals surface area contributed by atoms with E-state index in [-0.39, 0.29) is 6.04 Å². The maximum absolute atomic E-state index is 5.44. The highest BCUT2D eigenvalue weighted by atomic mass is 79.9. The molecule has 1 heterocycles. The molecule has 1 N–H and O–H groups in total. The number of furan rings is 1. The smallest absolute Gasteiger partial charge is 0.169 e. The molecule has 18 heavy (non-hydrogen) atoms. The SMILES string of the molecule is COc1ccc([C@H](C)NCc2ccc(Br)o2)cc1. The van der Waals surface area contributed by atoms with Crippen LogP contribution in [-0.2, 0) is 6.54 Å². The zero-order valence-electron chi connectivity index (χ0n) is 10.4. The van der Waals surface area contributed by atoms with E-state index in [0.29, 0.717) is 6.54 Å². The van der Waals surface area contributed by atoms with E-state index >= 15 is 0 Å². The zero-order chi connectivity index (χ0) is 13.0. The monoisotopic (exact) mass is 309 g/mol. The summed E-state index contributed by atoms with van der Waals surface area (Å²) in [4.78, 5) is 0. The van der Waals surface area contributed by atoms with Gasteiger partial charge in [-0.25, -0.2) is 0 Å². The second-order valence-corrected chi connectivity index (χ2v) is 4.86. The third kappa shape index (κ3) is 3.37. The molecule has 0 bridgehead atoms. The van der Waals surface area contributed by atoms with E-state index in [2.05, 4.69) is 40.3 Å². The maximum Gasteiger partial charge on any atom is 0.169 e. The summed E-state index contributed by atoms with van der Waals surface area (Å²) in [5.74, 6) is 1.79. The first-order valence-corrected chi connectivity index (χ1v) is 6.60. The Morgan fingerprint density at radius 3 is 2.50 bits per heavy atom. The van der Waals surface area contributed by atoms with Crippen molar-refractivity contribution in [3.05, 3.63) is 52.4 Å². The maximum atomic E-state index is 5.44. The van der Waals surface area contributed by atoms with Crippen molar-refractivity contribution >= 4 is 15.9 Å². The molecule has 0 spiro atoms. The molecule has 0 unspecified atom stereocenters. The lowest BCUT2D eigenvalue weighted by atomic mass is 10.1. The molecular weight excluding hydrogens is 294 g/mol. The van der Waals surface area contributed by atoms with Gasteiger partial charge in [-0.1, -0.05) is 12.1 Å². The second kappa shape index (κ2) is 6.07. The highest BCUT2D eigenvalue weighted by Crippen LogP contribution is 2.19. The molecule has 0 aliphatic carbocycles. The van der Waals surface area contributed by atoms with Gasteiger partial charge in [0, 0.05) is 6.04 Å². The van der Waals surface area contributed by atoms with Crippen molar-refractivity contribution in [1.82, 2.24) is 5.32 Å². The van der Waals surface area contributed by atoms with Gasteiger partial charge >= 0.3 is 0 Å². The first-order valence-electron chi connectivity index (χ1n) is 5.80. The number of benzene rings is 1. The van der Waals surface area contributed by atoms with E-state index < -0.39 is 0 Å². The third-order valence-corrected chi connectivity index (χ3v) is 3.25. The first-order chi connectivity index (χ1) is 8.69. The van der Waals surface area contributed by atoms with Crippen molar-refractivity contribution in [1.29, 1.82) is 0 Å². The summed E-state index contributed by atoms with van der Waals surface area (Å²) in [6.45, 7) is 2.83. The number of ether oxygens (including phenoxy) is 1. The van der Waals surface area contributed by atoms with Gasteiger partial charge in [0.2, 0.25) is 0 Å². The Balaban J connectivity index is 1.92. The lowest BCUT2D eigenvalue weighted by molar-refractivity contribution is 0.414. The van der Waals surface area contributed by atoms with E-state index in [1.54, 1.807) is 7.11 Å². The summed E-state index contributed by atoms with van der Waals surface area (Å²) >= 11 is 3.29. The van der Waals surface area contributed by atoms with Crippen LogP contribution in [-0.4, -0.2) is 7.11 Å². The van der Waals surface area contributed by atoms with Gasteiger partial charge in [0.15, 0.2) is 4.67 Å². The number of methoxy groups -OCH3 is 1. The van der Waals surface area contributed by atoms with Crippen LogP contribution in [0.5, 0.6) is 5.75 Å². The molecule has 0 aliphatic heterocycles. The van der Waals surface area contributed by atoms with Crippen LogP contribution < -0.4 is 10.1 Å².